The van der Waals surface area contributed by atoms with Crippen LogP contribution in [0.15, 0.2) is 40.8 Å². The number of benzene rings is 1. The zero-order valence-electron chi connectivity index (χ0n) is 13.5. The molecule has 1 aliphatic heterocycles. The summed E-state index contributed by atoms with van der Waals surface area (Å²) in [6, 6.07) is 9.19. The molecule has 0 spiro atoms. The molecule has 0 radical (unpaired) electrons. The summed E-state index contributed by atoms with van der Waals surface area (Å²) in [5.74, 6) is -0.809. The maximum atomic E-state index is 12.8. The largest absolute Gasteiger partial charge is 0.463 e. The van der Waals surface area contributed by atoms with E-state index < -0.39 is 23.4 Å². The second-order valence-corrected chi connectivity index (χ2v) is 6.09. The van der Waals surface area contributed by atoms with Crippen LogP contribution in [0.1, 0.15) is 28.8 Å². The van der Waals surface area contributed by atoms with Crippen LogP contribution in [0.4, 0.5) is 4.79 Å². The van der Waals surface area contributed by atoms with E-state index in [1.165, 1.54) is 19.2 Å². The molecule has 1 aliphatic rings. The summed E-state index contributed by atoms with van der Waals surface area (Å²) in [6.07, 6.45) is 0. The number of methoxy groups -OCH3 is 1. The van der Waals surface area contributed by atoms with Gasteiger partial charge in [-0.15, -0.1) is 0 Å². The number of esters is 1. The minimum atomic E-state index is -1.27. The molecule has 0 bridgehead atoms. The lowest BCUT2D eigenvalue weighted by Gasteiger charge is -2.23. The Bertz CT molecular complexity index is 862. The molecule has 1 atom stereocenters. The van der Waals surface area contributed by atoms with Crippen LogP contribution in [0.3, 0.4) is 0 Å². The van der Waals surface area contributed by atoms with Crippen LogP contribution in [0.5, 0.6) is 0 Å². The van der Waals surface area contributed by atoms with Crippen molar-refractivity contribution in [1.82, 2.24) is 10.2 Å². The highest BCUT2D eigenvalue weighted by molar-refractivity contribution is 6.32. The molecule has 25 heavy (non-hydrogen) atoms. The van der Waals surface area contributed by atoms with E-state index in [-0.39, 0.29) is 18.1 Å². The average Bonchev–Trinajstić information content (AvgIpc) is 3.14. The molecule has 1 aromatic heterocycles. The Balaban J connectivity index is 1.86. The maximum absolute atomic E-state index is 12.8. The van der Waals surface area contributed by atoms with Gasteiger partial charge >= 0.3 is 12.0 Å². The minimum Gasteiger partial charge on any atom is -0.463 e. The van der Waals surface area contributed by atoms with Crippen LogP contribution in [-0.2, 0) is 21.6 Å². The number of imide groups is 1. The SMILES string of the molecule is COC(=O)c1ccc(CN2C(=O)N[C@@](C)(c3ccccc3Cl)C2=O)o1. The van der Waals surface area contributed by atoms with Gasteiger partial charge in [-0.3, -0.25) is 9.69 Å². The normalized spacial score (nSPS) is 19.9. The van der Waals surface area contributed by atoms with Gasteiger partial charge in [-0.25, -0.2) is 9.59 Å². The summed E-state index contributed by atoms with van der Waals surface area (Å²) >= 11 is 6.18. The molecular formula is C17H15ClN2O5. The predicted molar refractivity (Wildman–Crippen MR) is 87.9 cm³/mol. The number of furan rings is 1. The maximum Gasteiger partial charge on any atom is 0.373 e. The van der Waals surface area contributed by atoms with Crippen LogP contribution in [0, 0.1) is 0 Å². The number of carbonyl (C=O) groups is 3. The molecular weight excluding hydrogens is 348 g/mol. The molecule has 130 valence electrons. The number of urea groups is 1. The van der Waals surface area contributed by atoms with E-state index >= 15 is 0 Å². The highest BCUT2D eigenvalue weighted by Crippen LogP contribution is 2.34. The Morgan fingerprint density at radius 2 is 2.00 bits per heavy atom. The van der Waals surface area contributed by atoms with Crippen molar-refractivity contribution in [2.75, 3.05) is 7.11 Å². The fourth-order valence-electron chi connectivity index (χ4n) is 2.72. The van der Waals surface area contributed by atoms with Crippen molar-refractivity contribution in [3.63, 3.8) is 0 Å². The fraction of sp³-hybridized carbons (Fsp3) is 0.235. The molecule has 0 saturated carbocycles. The number of amides is 3. The Morgan fingerprint density at radius 1 is 1.28 bits per heavy atom. The van der Waals surface area contributed by atoms with E-state index in [1.807, 2.05) is 0 Å². The van der Waals surface area contributed by atoms with Crippen molar-refractivity contribution in [2.45, 2.75) is 19.0 Å². The van der Waals surface area contributed by atoms with Crippen LogP contribution in [0.25, 0.3) is 0 Å². The highest BCUT2D eigenvalue weighted by Gasteiger charge is 2.50. The first-order valence-electron chi connectivity index (χ1n) is 7.43. The quantitative estimate of drug-likeness (QED) is 0.667. The summed E-state index contributed by atoms with van der Waals surface area (Å²) in [6.45, 7) is 1.48. The van der Waals surface area contributed by atoms with Crippen LogP contribution >= 0.6 is 11.6 Å². The molecule has 1 aromatic carbocycles. The summed E-state index contributed by atoms with van der Waals surface area (Å²) in [5, 5.41) is 3.05. The van der Waals surface area contributed by atoms with Crippen molar-refractivity contribution >= 4 is 29.5 Å². The first-order chi connectivity index (χ1) is 11.9. The first-order valence-corrected chi connectivity index (χ1v) is 7.80. The molecule has 1 saturated heterocycles. The second kappa shape index (κ2) is 6.25. The number of carbonyl (C=O) groups excluding carboxylic acids is 3. The molecule has 2 heterocycles. The zero-order chi connectivity index (χ0) is 18.2. The van der Waals surface area contributed by atoms with Gasteiger partial charge in [0.05, 0.1) is 13.7 Å². The molecule has 1 fully saturated rings. The van der Waals surface area contributed by atoms with Crippen LogP contribution in [0.2, 0.25) is 5.02 Å². The van der Waals surface area contributed by atoms with Gasteiger partial charge < -0.3 is 14.5 Å². The van der Waals surface area contributed by atoms with Gasteiger partial charge in [0.1, 0.15) is 11.3 Å². The monoisotopic (exact) mass is 362 g/mol. The molecule has 7 nitrogen and oxygen atoms in total. The third kappa shape index (κ3) is 2.87. The molecule has 0 unspecified atom stereocenters. The van der Waals surface area contributed by atoms with Gasteiger partial charge in [0, 0.05) is 10.6 Å². The summed E-state index contributed by atoms with van der Waals surface area (Å²) < 4.78 is 9.88. The summed E-state index contributed by atoms with van der Waals surface area (Å²) in [5.41, 5.74) is -0.764. The molecule has 8 heteroatoms. The van der Waals surface area contributed by atoms with Crippen molar-refractivity contribution in [2.24, 2.45) is 0 Å². The highest BCUT2D eigenvalue weighted by atomic mass is 35.5. The number of hydrogen-bond acceptors (Lipinski definition) is 5. The van der Waals surface area contributed by atoms with Crippen LogP contribution < -0.4 is 5.32 Å². The Morgan fingerprint density at radius 3 is 2.68 bits per heavy atom. The van der Waals surface area contributed by atoms with Gasteiger partial charge in [-0.1, -0.05) is 29.8 Å². The van der Waals surface area contributed by atoms with E-state index in [1.54, 1.807) is 31.2 Å². The second-order valence-electron chi connectivity index (χ2n) is 5.68. The number of nitrogens with zero attached hydrogens (tertiary/aromatic N) is 1. The number of ether oxygens (including phenoxy) is 1. The third-order valence-corrected chi connectivity index (χ3v) is 4.38. The molecule has 2 aromatic rings. The molecule has 1 N–H and O–H groups in total. The third-order valence-electron chi connectivity index (χ3n) is 4.05. The van der Waals surface area contributed by atoms with Crippen molar-refractivity contribution in [3.8, 4) is 0 Å². The zero-order valence-corrected chi connectivity index (χ0v) is 14.3. The summed E-state index contributed by atoms with van der Waals surface area (Å²) in [4.78, 5) is 37.6. The first kappa shape index (κ1) is 17.0. The van der Waals surface area contributed by atoms with Gasteiger partial charge in [-0.05, 0) is 25.1 Å². The van der Waals surface area contributed by atoms with E-state index in [2.05, 4.69) is 10.1 Å². The van der Waals surface area contributed by atoms with E-state index in [9.17, 15) is 14.4 Å². The molecule has 3 rings (SSSR count). The van der Waals surface area contributed by atoms with Gasteiger partial charge in [0.25, 0.3) is 5.91 Å². The lowest BCUT2D eigenvalue weighted by molar-refractivity contribution is -0.131. The van der Waals surface area contributed by atoms with Crippen molar-refractivity contribution in [3.05, 3.63) is 58.5 Å². The number of halogens is 1. The fourth-order valence-corrected chi connectivity index (χ4v) is 3.04. The van der Waals surface area contributed by atoms with Crippen LogP contribution in [-0.4, -0.2) is 29.9 Å². The minimum absolute atomic E-state index is 0.00146. The van der Waals surface area contributed by atoms with E-state index in [0.717, 1.165) is 4.90 Å². The van der Waals surface area contributed by atoms with Crippen molar-refractivity contribution < 1.29 is 23.5 Å². The van der Waals surface area contributed by atoms with Gasteiger partial charge in [0.2, 0.25) is 5.76 Å². The lowest BCUT2D eigenvalue weighted by Crippen LogP contribution is -2.41. The Hall–Kier alpha value is -2.80. The lowest BCUT2D eigenvalue weighted by atomic mass is 9.92. The van der Waals surface area contributed by atoms with Gasteiger partial charge in [-0.2, -0.15) is 0 Å². The number of rotatable bonds is 4. The summed E-state index contributed by atoms with van der Waals surface area (Å²) in [7, 11) is 1.23. The predicted octanol–water partition coefficient (Wildman–Crippen LogP) is 2.69. The average molecular weight is 363 g/mol. The van der Waals surface area contributed by atoms with E-state index in [4.69, 9.17) is 16.0 Å². The Kier molecular flexibility index (Phi) is 4.26. The molecule has 0 aliphatic carbocycles. The van der Waals surface area contributed by atoms with Gasteiger partial charge in [0.15, 0.2) is 0 Å². The van der Waals surface area contributed by atoms with E-state index in [0.29, 0.717) is 10.6 Å². The number of nitrogens with one attached hydrogen (secondary N) is 1. The topological polar surface area (TPSA) is 88.9 Å². The smallest absolute Gasteiger partial charge is 0.373 e. The van der Waals surface area contributed by atoms with Crippen molar-refractivity contribution in [1.29, 1.82) is 0 Å². The standard InChI is InChI=1S/C17H15ClN2O5/c1-17(11-5-3-4-6-12(11)18)15(22)20(16(23)19-17)9-10-7-8-13(25-10)14(21)24-2/h3-8H,9H2,1-2H3,(H,19,23)/t17-/m0/s1. The Labute approximate surface area is 148 Å². The molecule has 3 amide bonds. The number of hydrogen-bond donors (Lipinski definition) is 1.